The van der Waals surface area contributed by atoms with Crippen molar-refractivity contribution in [2.45, 2.75) is 50.3 Å². The van der Waals surface area contributed by atoms with Crippen LogP contribution in [-0.2, 0) is 11.2 Å². The first-order valence-electron chi connectivity index (χ1n) is 10.5. The number of ether oxygens (including phenoxy) is 1. The van der Waals surface area contributed by atoms with Crippen molar-refractivity contribution in [3.63, 3.8) is 0 Å². The standard InChI is InChI=1S/C22H36N4O2S.HI/c1-5-29-20-8-6-7-18(15-20)25-22(24-16-21(27)26(2)3)23-14-13-17-9-11-19(28-4)12-10-17;/h9-12,18,20H,5-8,13-16H2,1-4H3,(H2,23,24,25);1H. The molecule has 0 aromatic heterocycles. The normalized spacial score (nSPS) is 18.9. The van der Waals surface area contributed by atoms with Crippen LogP contribution in [0.15, 0.2) is 29.3 Å². The Bertz CT molecular complexity index is 653. The number of guanidine groups is 1. The fraction of sp³-hybridized carbons (Fsp3) is 0.636. The topological polar surface area (TPSA) is 66.0 Å². The molecule has 1 saturated carbocycles. The Balaban J connectivity index is 0.00000450. The van der Waals surface area contributed by atoms with E-state index in [1.54, 1.807) is 26.1 Å². The Morgan fingerprint density at radius 3 is 2.63 bits per heavy atom. The Morgan fingerprint density at radius 1 is 1.27 bits per heavy atom. The summed E-state index contributed by atoms with van der Waals surface area (Å²) in [5.41, 5.74) is 1.24. The van der Waals surface area contributed by atoms with E-state index >= 15 is 0 Å². The van der Waals surface area contributed by atoms with E-state index in [1.807, 2.05) is 12.1 Å². The molecule has 0 spiro atoms. The van der Waals surface area contributed by atoms with Crippen LogP contribution in [-0.4, -0.2) is 68.1 Å². The quantitative estimate of drug-likeness (QED) is 0.281. The van der Waals surface area contributed by atoms with Crippen molar-refractivity contribution in [2.75, 3.05) is 40.0 Å². The van der Waals surface area contributed by atoms with Crippen LogP contribution in [0.4, 0.5) is 0 Å². The van der Waals surface area contributed by atoms with Crippen LogP contribution in [0.1, 0.15) is 38.2 Å². The van der Waals surface area contributed by atoms with Gasteiger partial charge in [0.25, 0.3) is 0 Å². The zero-order valence-corrected chi connectivity index (χ0v) is 21.8. The van der Waals surface area contributed by atoms with Crippen molar-refractivity contribution in [3.8, 4) is 5.75 Å². The largest absolute Gasteiger partial charge is 0.497 e. The second kappa shape index (κ2) is 14.8. The maximum absolute atomic E-state index is 12.0. The Hall–Kier alpha value is -1.16. The lowest BCUT2D eigenvalue weighted by atomic mass is 9.95. The summed E-state index contributed by atoms with van der Waals surface area (Å²) in [5, 5.41) is 7.71. The minimum atomic E-state index is 0. The number of nitrogens with zero attached hydrogens (tertiary/aromatic N) is 2. The first kappa shape index (κ1) is 26.9. The lowest BCUT2D eigenvalue weighted by molar-refractivity contribution is -0.127. The highest BCUT2D eigenvalue weighted by molar-refractivity contribution is 14.0. The Kier molecular flexibility index (Phi) is 13.2. The number of benzene rings is 1. The minimum absolute atomic E-state index is 0. The first-order valence-corrected chi connectivity index (χ1v) is 11.6. The molecule has 2 N–H and O–H groups in total. The van der Waals surface area contributed by atoms with E-state index in [-0.39, 0.29) is 36.4 Å². The van der Waals surface area contributed by atoms with Gasteiger partial charge >= 0.3 is 0 Å². The molecule has 0 bridgehead atoms. The number of likely N-dealkylation sites (N-methyl/N-ethyl adjacent to an activating group) is 1. The van der Waals surface area contributed by atoms with Crippen molar-refractivity contribution >= 4 is 47.6 Å². The van der Waals surface area contributed by atoms with Crippen molar-refractivity contribution in [1.82, 2.24) is 15.5 Å². The molecular weight excluding hydrogens is 511 g/mol. The molecule has 1 aromatic carbocycles. The number of thioether (sulfide) groups is 1. The number of carbonyl (C=O) groups excluding carboxylic acids is 1. The number of hydrogen-bond acceptors (Lipinski definition) is 4. The molecule has 1 fully saturated rings. The number of halogens is 1. The molecule has 0 radical (unpaired) electrons. The lowest BCUT2D eigenvalue weighted by Crippen LogP contribution is -2.46. The molecule has 1 aliphatic rings. The maximum Gasteiger partial charge on any atom is 0.243 e. The summed E-state index contributed by atoms with van der Waals surface area (Å²) >= 11 is 2.05. The van der Waals surface area contributed by atoms with Gasteiger partial charge in [0.1, 0.15) is 12.3 Å². The predicted molar refractivity (Wildman–Crippen MR) is 138 cm³/mol. The minimum Gasteiger partial charge on any atom is -0.497 e. The number of hydrogen-bond donors (Lipinski definition) is 2. The third-order valence-corrected chi connectivity index (χ3v) is 6.34. The van der Waals surface area contributed by atoms with Gasteiger partial charge in [0, 0.05) is 31.9 Å². The molecule has 170 valence electrons. The van der Waals surface area contributed by atoms with Gasteiger partial charge in [0.15, 0.2) is 5.96 Å². The molecule has 30 heavy (non-hydrogen) atoms. The van der Waals surface area contributed by atoms with Crippen molar-refractivity contribution in [3.05, 3.63) is 29.8 Å². The predicted octanol–water partition coefficient (Wildman–Crippen LogP) is 3.54. The molecule has 0 saturated heterocycles. The fourth-order valence-corrected chi connectivity index (χ4v) is 4.59. The van der Waals surface area contributed by atoms with Gasteiger partial charge in [0.2, 0.25) is 5.91 Å². The van der Waals surface area contributed by atoms with Crippen molar-refractivity contribution < 1.29 is 9.53 Å². The molecule has 1 aromatic rings. The summed E-state index contributed by atoms with van der Waals surface area (Å²) in [6.45, 7) is 3.14. The van der Waals surface area contributed by atoms with Gasteiger partial charge < -0.3 is 20.3 Å². The van der Waals surface area contributed by atoms with Crippen LogP contribution in [0.25, 0.3) is 0 Å². The SMILES string of the molecule is CCSC1CCCC(NC(=NCC(=O)N(C)C)NCCc2ccc(OC)cc2)C1.I. The van der Waals surface area contributed by atoms with Gasteiger partial charge in [-0.05, 0) is 49.1 Å². The van der Waals surface area contributed by atoms with Crippen molar-refractivity contribution in [2.24, 2.45) is 4.99 Å². The van der Waals surface area contributed by atoms with Crippen LogP contribution in [0.2, 0.25) is 0 Å². The second-order valence-electron chi connectivity index (χ2n) is 7.56. The number of amides is 1. The Labute approximate surface area is 203 Å². The van der Waals surface area contributed by atoms with E-state index in [0.29, 0.717) is 6.04 Å². The van der Waals surface area contributed by atoms with Gasteiger partial charge in [-0.2, -0.15) is 11.8 Å². The highest BCUT2D eigenvalue weighted by atomic mass is 127. The summed E-state index contributed by atoms with van der Waals surface area (Å²) < 4.78 is 5.21. The number of rotatable bonds is 9. The Morgan fingerprint density at radius 2 is 2.00 bits per heavy atom. The van der Waals surface area contributed by atoms with Crippen LogP contribution in [0.3, 0.4) is 0 Å². The van der Waals surface area contributed by atoms with Crippen LogP contribution in [0.5, 0.6) is 5.75 Å². The lowest BCUT2D eigenvalue weighted by Gasteiger charge is -2.30. The van der Waals surface area contributed by atoms with Gasteiger partial charge in [-0.15, -0.1) is 24.0 Å². The monoisotopic (exact) mass is 548 g/mol. The highest BCUT2D eigenvalue weighted by Crippen LogP contribution is 2.28. The average molecular weight is 549 g/mol. The molecule has 8 heteroatoms. The molecule has 6 nitrogen and oxygen atoms in total. The number of aliphatic imine (C=N–C) groups is 1. The second-order valence-corrected chi connectivity index (χ2v) is 9.14. The van der Waals surface area contributed by atoms with Crippen LogP contribution in [0, 0.1) is 0 Å². The van der Waals surface area contributed by atoms with Gasteiger partial charge in [-0.3, -0.25) is 4.79 Å². The zero-order valence-electron chi connectivity index (χ0n) is 18.6. The van der Waals surface area contributed by atoms with E-state index in [4.69, 9.17) is 4.74 Å². The first-order chi connectivity index (χ1) is 14.0. The summed E-state index contributed by atoms with van der Waals surface area (Å²) in [7, 11) is 5.19. The van der Waals surface area contributed by atoms with Gasteiger partial charge in [-0.25, -0.2) is 4.99 Å². The third-order valence-electron chi connectivity index (χ3n) is 5.11. The molecule has 0 aliphatic heterocycles. The number of carbonyl (C=O) groups is 1. The molecule has 0 heterocycles. The smallest absolute Gasteiger partial charge is 0.243 e. The molecule has 1 amide bonds. The number of methoxy groups -OCH3 is 1. The molecule has 2 unspecified atom stereocenters. The van der Waals surface area contributed by atoms with E-state index in [2.05, 4.69) is 46.4 Å². The van der Waals surface area contributed by atoms with E-state index in [1.165, 1.54) is 18.4 Å². The van der Waals surface area contributed by atoms with E-state index < -0.39 is 0 Å². The molecular formula is C22H37IN4O2S. The summed E-state index contributed by atoms with van der Waals surface area (Å²) in [5.74, 6) is 2.77. The molecule has 1 aliphatic carbocycles. The fourth-order valence-electron chi connectivity index (χ4n) is 3.41. The molecule has 2 rings (SSSR count). The zero-order chi connectivity index (χ0) is 21.1. The van der Waals surface area contributed by atoms with Crippen LogP contribution >= 0.6 is 35.7 Å². The molecule has 2 atom stereocenters. The summed E-state index contributed by atoms with van der Waals surface area (Å²) in [6.07, 6.45) is 5.73. The van der Waals surface area contributed by atoms with E-state index in [0.717, 1.165) is 48.5 Å². The third kappa shape index (κ3) is 9.76. The summed E-state index contributed by atoms with van der Waals surface area (Å²) in [4.78, 5) is 18.1. The highest BCUT2D eigenvalue weighted by Gasteiger charge is 2.22. The van der Waals surface area contributed by atoms with E-state index in [9.17, 15) is 4.79 Å². The van der Waals surface area contributed by atoms with Gasteiger partial charge in [0.05, 0.1) is 7.11 Å². The number of nitrogens with one attached hydrogen (secondary N) is 2. The van der Waals surface area contributed by atoms with Crippen LogP contribution < -0.4 is 15.4 Å². The summed E-state index contributed by atoms with van der Waals surface area (Å²) in [6, 6.07) is 8.52. The average Bonchev–Trinajstić information content (AvgIpc) is 2.72. The van der Waals surface area contributed by atoms with Crippen molar-refractivity contribution in [1.29, 1.82) is 0 Å². The van der Waals surface area contributed by atoms with Gasteiger partial charge in [-0.1, -0.05) is 25.5 Å². The maximum atomic E-state index is 12.0.